The number of urea groups is 1. The van der Waals surface area contributed by atoms with Gasteiger partial charge in [0.2, 0.25) is 10.0 Å². The van der Waals surface area contributed by atoms with Crippen molar-refractivity contribution in [2.75, 3.05) is 32.6 Å². The van der Waals surface area contributed by atoms with Gasteiger partial charge >= 0.3 is 12.0 Å². The molecule has 1 heterocycles. The Morgan fingerprint density at radius 1 is 1.23 bits per heavy atom. The van der Waals surface area contributed by atoms with Crippen LogP contribution in [0.15, 0.2) is 17.0 Å². The highest BCUT2D eigenvalue weighted by Crippen LogP contribution is 2.39. The van der Waals surface area contributed by atoms with E-state index in [9.17, 15) is 18.0 Å². The first-order chi connectivity index (χ1) is 14.5. The Morgan fingerprint density at radius 3 is 2.39 bits per heavy atom. The lowest BCUT2D eigenvalue weighted by Crippen LogP contribution is -2.30. The van der Waals surface area contributed by atoms with Crippen molar-refractivity contribution in [2.45, 2.75) is 25.2 Å². The highest BCUT2D eigenvalue weighted by Gasteiger charge is 2.26. The number of thiazole rings is 1. The summed E-state index contributed by atoms with van der Waals surface area (Å²) in [5.41, 5.74) is 1.17. The molecule has 0 aliphatic carbocycles. The molecule has 0 atom stereocenters. The number of nitrogens with one attached hydrogen (secondary N) is 2. The number of rotatable bonds is 8. The molecule has 13 heteroatoms. The molecule has 0 saturated carbocycles. The van der Waals surface area contributed by atoms with Gasteiger partial charge in [0.25, 0.3) is 0 Å². The van der Waals surface area contributed by atoms with Crippen molar-refractivity contribution >= 4 is 61.7 Å². The van der Waals surface area contributed by atoms with E-state index in [-0.39, 0.29) is 34.5 Å². The lowest BCUT2D eigenvalue weighted by atomic mass is 10.1. The van der Waals surface area contributed by atoms with Crippen molar-refractivity contribution in [2.24, 2.45) is 0 Å². The average molecular weight is 509 g/mol. The number of carbonyl (C=O) groups excluding carboxylic acids is 2. The van der Waals surface area contributed by atoms with Crippen molar-refractivity contribution in [1.29, 1.82) is 0 Å². The van der Waals surface area contributed by atoms with Crippen LogP contribution in [-0.2, 0) is 19.6 Å². The minimum Gasteiger partial charge on any atom is -0.466 e. The highest BCUT2D eigenvalue weighted by atomic mass is 35.5. The summed E-state index contributed by atoms with van der Waals surface area (Å²) in [6.07, 6.45) is 0.0581. The maximum Gasteiger partial charge on any atom is 0.321 e. The second-order valence-corrected chi connectivity index (χ2v) is 10.3. The fraction of sp³-hybridized carbons (Fsp3) is 0.389. The number of aryl methyl sites for hydroxylation is 1. The van der Waals surface area contributed by atoms with Gasteiger partial charge in [-0.25, -0.2) is 22.5 Å². The van der Waals surface area contributed by atoms with Gasteiger partial charge in [-0.2, -0.15) is 0 Å². The predicted octanol–water partition coefficient (Wildman–Crippen LogP) is 3.75. The van der Waals surface area contributed by atoms with E-state index in [2.05, 4.69) is 15.6 Å². The summed E-state index contributed by atoms with van der Waals surface area (Å²) in [4.78, 5) is 28.1. The van der Waals surface area contributed by atoms with Crippen molar-refractivity contribution in [3.05, 3.63) is 27.9 Å². The fourth-order valence-corrected chi connectivity index (χ4v) is 5.49. The number of anilines is 1. The van der Waals surface area contributed by atoms with Crippen LogP contribution in [0.1, 0.15) is 19.0 Å². The fourth-order valence-electron chi connectivity index (χ4n) is 2.49. The zero-order valence-corrected chi connectivity index (χ0v) is 20.4. The molecule has 0 fully saturated rings. The molecule has 0 radical (unpaired) electrons. The number of amides is 2. The minimum atomic E-state index is -3.82. The lowest BCUT2D eigenvalue weighted by molar-refractivity contribution is -0.142. The van der Waals surface area contributed by atoms with Crippen molar-refractivity contribution in [3.8, 4) is 10.4 Å². The quantitative estimate of drug-likeness (QED) is 0.524. The van der Waals surface area contributed by atoms with Gasteiger partial charge in [-0.05, 0) is 31.5 Å². The summed E-state index contributed by atoms with van der Waals surface area (Å²) in [6, 6.07) is 2.47. The topological polar surface area (TPSA) is 118 Å². The zero-order valence-electron chi connectivity index (χ0n) is 17.3. The van der Waals surface area contributed by atoms with Crippen molar-refractivity contribution < 1.29 is 22.7 Å². The molecule has 2 amide bonds. The van der Waals surface area contributed by atoms with Gasteiger partial charge in [-0.15, -0.1) is 0 Å². The van der Waals surface area contributed by atoms with E-state index in [0.29, 0.717) is 21.3 Å². The van der Waals surface area contributed by atoms with Crippen LogP contribution in [0.5, 0.6) is 0 Å². The number of nitrogens with zero attached hydrogens (tertiary/aromatic N) is 2. The smallest absolute Gasteiger partial charge is 0.321 e. The van der Waals surface area contributed by atoms with E-state index < -0.39 is 22.0 Å². The molecule has 0 aliphatic rings. The molecule has 1 aromatic heterocycles. The Kier molecular flexibility index (Phi) is 8.66. The molecular weight excluding hydrogens is 487 g/mol. The van der Waals surface area contributed by atoms with Gasteiger partial charge < -0.3 is 10.1 Å². The molecule has 0 bridgehead atoms. The van der Waals surface area contributed by atoms with Crippen LogP contribution in [-0.4, -0.2) is 57.0 Å². The number of benzene rings is 1. The van der Waals surface area contributed by atoms with E-state index in [4.69, 9.17) is 27.9 Å². The molecule has 1 aromatic carbocycles. The van der Waals surface area contributed by atoms with Gasteiger partial charge in [0, 0.05) is 20.6 Å². The third-order valence-corrected chi connectivity index (χ3v) is 7.80. The maximum absolute atomic E-state index is 12.4. The number of carbonyl (C=O) groups is 2. The van der Waals surface area contributed by atoms with Crippen molar-refractivity contribution in [1.82, 2.24) is 14.6 Å². The first-order valence-electron chi connectivity index (χ1n) is 9.07. The van der Waals surface area contributed by atoms with Crippen LogP contribution in [0.2, 0.25) is 10.0 Å². The predicted molar refractivity (Wildman–Crippen MR) is 121 cm³/mol. The molecule has 2 aromatic rings. The summed E-state index contributed by atoms with van der Waals surface area (Å²) in [7, 11) is -1.04. The summed E-state index contributed by atoms with van der Waals surface area (Å²) >= 11 is 13.7. The molecule has 2 N–H and O–H groups in total. The second kappa shape index (κ2) is 10.6. The van der Waals surface area contributed by atoms with Crippen molar-refractivity contribution in [3.63, 3.8) is 0 Å². The Bertz CT molecular complexity index is 1060. The first-order valence-corrected chi connectivity index (χ1v) is 12.1. The number of esters is 1. The van der Waals surface area contributed by atoms with Gasteiger partial charge in [-0.1, -0.05) is 34.5 Å². The Labute approximate surface area is 194 Å². The van der Waals surface area contributed by atoms with E-state index in [1.54, 1.807) is 13.8 Å². The third kappa shape index (κ3) is 6.30. The van der Waals surface area contributed by atoms with E-state index in [0.717, 1.165) is 4.31 Å². The normalized spacial score (nSPS) is 11.5. The minimum absolute atomic E-state index is 0.0183. The van der Waals surface area contributed by atoms with E-state index in [1.807, 2.05) is 0 Å². The van der Waals surface area contributed by atoms with Crippen LogP contribution in [0.25, 0.3) is 10.4 Å². The molecule has 9 nitrogen and oxygen atoms in total. The van der Waals surface area contributed by atoms with Crippen LogP contribution in [0.3, 0.4) is 0 Å². The summed E-state index contributed by atoms with van der Waals surface area (Å²) < 4.78 is 30.7. The summed E-state index contributed by atoms with van der Waals surface area (Å²) in [5, 5.41) is 5.42. The molecule has 170 valence electrons. The molecule has 2 rings (SSSR count). The monoisotopic (exact) mass is 508 g/mol. The Balaban J connectivity index is 2.18. The van der Waals surface area contributed by atoms with E-state index >= 15 is 0 Å². The van der Waals surface area contributed by atoms with E-state index in [1.165, 1.54) is 37.6 Å². The molecule has 0 saturated heterocycles. The first kappa shape index (κ1) is 25.3. The van der Waals surface area contributed by atoms with Gasteiger partial charge in [0.05, 0.1) is 33.6 Å². The second-order valence-electron chi connectivity index (χ2n) is 6.43. The maximum atomic E-state index is 12.4. The standard InChI is InChI=1S/C18H22Cl2N4O5S2/c1-5-29-14(25)6-7-21-17(26)23-18-22-10(2)15(30-18)11-8-12(19)16(13(20)9-11)31(27,28)24(3)4/h8-9H,5-7H2,1-4H3,(H2,21,22,23,26). The SMILES string of the molecule is CCOC(=O)CCNC(=O)Nc1nc(C)c(-c2cc(Cl)c(S(=O)(=O)N(C)C)c(Cl)c2)s1. The number of sulfonamides is 1. The Morgan fingerprint density at radius 2 is 1.84 bits per heavy atom. The highest BCUT2D eigenvalue weighted by molar-refractivity contribution is 7.89. The zero-order chi connectivity index (χ0) is 23.3. The molecule has 0 unspecified atom stereocenters. The molecular formula is C18H22Cl2N4O5S2. The number of halogens is 2. The van der Waals surface area contributed by atoms with Gasteiger partial charge in [-0.3, -0.25) is 10.1 Å². The van der Waals surface area contributed by atoms with Crippen LogP contribution in [0, 0.1) is 6.92 Å². The summed E-state index contributed by atoms with van der Waals surface area (Å²) in [5.74, 6) is -0.399. The number of aromatic nitrogens is 1. The molecule has 0 spiro atoms. The summed E-state index contributed by atoms with van der Waals surface area (Å²) in [6.45, 7) is 3.84. The lowest BCUT2D eigenvalue weighted by Gasteiger charge is -2.15. The van der Waals surface area contributed by atoms with Crippen LogP contribution < -0.4 is 10.6 Å². The number of ether oxygens (including phenoxy) is 1. The third-order valence-electron chi connectivity index (χ3n) is 3.94. The molecule has 31 heavy (non-hydrogen) atoms. The van der Waals surface area contributed by atoms with Gasteiger partial charge in [0.15, 0.2) is 5.13 Å². The largest absolute Gasteiger partial charge is 0.466 e. The Hall–Kier alpha value is -1.92. The number of hydrogen-bond acceptors (Lipinski definition) is 7. The van der Waals surface area contributed by atoms with Crippen LogP contribution in [0.4, 0.5) is 9.93 Å². The average Bonchev–Trinajstić information content (AvgIpc) is 3.01. The molecule has 0 aliphatic heterocycles. The van der Waals surface area contributed by atoms with Gasteiger partial charge in [0.1, 0.15) is 4.90 Å². The van der Waals surface area contributed by atoms with Crippen LogP contribution >= 0.6 is 34.5 Å². The number of hydrogen-bond donors (Lipinski definition) is 2.